The van der Waals surface area contributed by atoms with Crippen LogP contribution in [0.25, 0.3) is 0 Å². The van der Waals surface area contributed by atoms with Crippen molar-refractivity contribution in [3.8, 4) is 5.75 Å². The summed E-state index contributed by atoms with van der Waals surface area (Å²) in [5, 5.41) is 8.81. The van der Waals surface area contributed by atoms with Crippen molar-refractivity contribution in [1.29, 1.82) is 0 Å². The number of ether oxygens (including phenoxy) is 1. The minimum absolute atomic E-state index is 0.247. The number of halogens is 1. The third kappa shape index (κ3) is 5.05. The van der Waals surface area contributed by atoms with E-state index >= 15 is 0 Å². The monoisotopic (exact) mass is 408 g/mol. The largest absolute Gasteiger partial charge is 0.489 e. The van der Waals surface area contributed by atoms with E-state index < -0.39 is 0 Å². The minimum atomic E-state index is -0.355. The standard InChI is InChI=1S/C21H17FN4O2S/c22-17-7-4-8-18(10-17)28-12-16-9-19(29-13-16)20(27)24-21-23-14-26(25-21)11-15-5-2-1-3-6-15/h1-10,13-14H,11-12H2,(H,24,25,27). The molecule has 2 aromatic carbocycles. The first-order chi connectivity index (χ1) is 14.2. The number of aromatic nitrogens is 3. The Morgan fingerprint density at radius 2 is 1.97 bits per heavy atom. The highest BCUT2D eigenvalue weighted by Crippen LogP contribution is 2.19. The van der Waals surface area contributed by atoms with Crippen molar-refractivity contribution in [2.75, 3.05) is 5.32 Å². The lowest BCUT2D eigenvalue weighted by molar-refractivity contribution is 0.102. The molecule has 0 aliphatic rings. The van der Waals surface area contributed by atoms with E-state index in [9.17, 15) is 9.18 Å². The van der Waals surface area contributed by atoms with Crippen LogP contribution in [0.3, 0.4) is 0 Å². The molecule has 8 heteroatoms. The zero-order valence-electron chi connectivity index (χ0n) is 15.3. The SMILES string of the molecule is O=C(Nc1ncn(Cc2ccccc2)n1)c1cc(COc2cccc(F)c2)cs1. The molecule has 0 saturated heterocycles. The van der Waals surface area contributed by atoms with Gasteiger partial charge in [0, 0.05) is 11.6 Å². The molecule has 4 rings (SSSR count). The van der Waals surface area contributed by atoms with E-state index in [4.69, 9.17) is 4.74 Å². The predicted octanol–water partition coefficient (Wildman–Crippen LogP) is 4.36. The molecular formula is C21H17FN4O2S. The summed E-state index contributed by atoms with van der Waals surface area (Å²) in [6.45, 7) is 0.821. The quantitative estimate of drug-likeness (QED) is 0.493. The van der Waals surface area contributed by atoms with Crippen LogP contribution >= 0.6 is 11.3 Å². The fourth-order valence-corrected chi connectivity index (χ4v) is 3.45. The molecule has 6 nitrogen and oxygen atoms in total. The van der Waals surface area contributed by atoms with Crippen molar-refractivity contribution in [2.45, 2.75) is 13.2 Å². The Hall–Kier alpha value is -3.52. The summed E-state index contributed by atoms with van der Waals surface area (Å²) < 4.78 is 20.4. The number of nitrogens with zero attached hydrogens (tertiary/aromatic N) is 3. The van der Waals surface area contributed by atoms with Gasteiger partial charge >= 0.3 is 0 Å². The van der Waals surface area contributed by atoms with Crippen molar-refractivity contribution < 1.29 is 13.9 Å². The lowest BCUT2D eigenvalue weighted by Crippen LogP contribution is -2.12. The number of nitrogens with one attached hydrogen (secondary N) is 1. The average Bonchev–Trinajstić information content (AvgIpc) is 3.37. The number of amides is 1. The molecule has 0 aliphatic carbocycles. The molecule has 0 saturated carbocycles. The van der Waals surface area contributed by atoms with E-state index in [2.05, 4.69) is 15.4 Å². The molecule has 0 spiro atoms. The van der Waals surface area contributed by atoms with Gasteiger partial charge in [0.25, 0.3) is 5.91 Å². The summed E-state index contributed by atoms with van der Waals surface area (Å²) in [5.41, 5.74) is 1.92. The summed E-state index contributed by atoms with van der Waals surface area (Å²) in [5.74, 6) is 0.0452. The molecule has 29 heavy (non-hydrogen) atoms. The normalized spacial score (nSPS) is 10.7. The van der Waals surface area contributed by atoms with Gasteiger partial charge in [-0.15, -0.1) is 16.4 Å². The maximum absolute atomic E-state index is 13.2. The topological polar surface area (TPSA) is 69.0 Å². The molecule has 4 aromatic rings. The number of carbonyl (C=O) groups excluding carboxylic acids is 1. The van der Waals surface area contributed by atoms with E-state index in [1.54, 1.807) is 29.2 Å². The molecule has 0 unspecified atom stereocenters. The summed E-state index contributed by atoms with van der Waals surface area (Å²) in [7, 11) is 0. The number of hydrogen-bond acceptors (Lipinski definition) is 5. The summed E-state index contributed by atoms with van der Waals surface area (Å²) >= 11 is 1.30. The van der Waals surface area contributed by atoms with Gasteiger partial charge in [-0.25, -0.2) is 14.1 Å². The van der Waals surface area contributed by atoms with Crippen molar-refractivity contribution >= 4 is 23.2 Å². The number of carbonyl (C=O) groups is 1. The zero-order valence-corrected chi connectivity index (χ0v) is 16.1. The van der Waals surface area contributed by atoms with E-state index in [1.807, 2.05) is 35.7 Å². The third-order valence-corrected chi connectivity index (χ3v) is 5.01. The highest BCUT2D eigenvalue weighted by molar-refractivity contribution is 7.12. The first-order valence-corrected chi connectivity index (χ1v) is 9.74. The molecule has 1 N–H and O–H groups in total. The van der Waals surface area contributed by atoms with Crippen LogP contribution in [0, 0.1) is 5.82 Å². The van der Waals surface area contributed by atoms with Crippen LogP contribution in [-0.4, -0.2) is 20.7 Å². The summed E-state index contributed by atoms with van der Waals surface area (Å²) in [4.78, 5) is 17.1. The van der Waals surface area contributed by atoms with Crippen LogP contribution in [0.1, 0.15) is 20.8 Å². The second-order valence-corrected chi connectivity index (χ2v) is 7.18. The maximum atomic E-state index is 13.2. The fraction of sp³-hybridized carbons (Fsp3) is 0.0952. The van der Waals surface area contributed by atoms with E-state index in [0.717, 1.165) is 11.1 Å². The molecule has 1 amide bonds. The molecule has 0 bridgehead atoms. The molecule has 0 fully saturated rings. The Balaban J connectivity index is 1.33. The Labute approximate surface area is 170 Å². The smallest absolute Gasteiger partial charge is 0.268 e. The number of anilines is 1. The van der Waals surface area contributed by atoms with Gasteiger partial charge in [-0.3, -0.25) is 10.1 Å². The third-order valence-electron chi connectivity index (χ3n) is 4.03. The van der Waals surface area contributed by atoms with Crippen LogP contribution in [0.5, 0.6) is 5.75 Å². The molecule has 0 aliphatic heterocycles. The zero-order chi connectivity index (χ0) is 20.1. The molecule has 146 valence electrons. The lowest BCUT2D eigenvalue weighted by atomic mass is 10.2. The van der Waals surface area contributed by atoms with E-state index in [1.165, 1.54) is 23.5 Å². The minimum Gasteiger partial charge on any atom is -0.489 e. The van der Waals surface area contributed by atoms with Gasteiger partial charge in [0.1, 0.15) is 24.5 Å². The van der Waals surface area contributed by atoms with Crippen LogP contribution < -0.4 is 10.1 Å². The number of thiophene rings is 1. The second-order valence-electron chi connectivity index (χ2n) is 6.27. The van der Waals surface area contributed by atoms with Crippen LogP contribution in [-0.2, 0) is 13.2 Å². The fourth-order valence-electron chi connectivity index (χ4n) is 2.66. The van der Waals surface area contributed by atoms with Crippen LogP contribution in [0.2, 0.25) is 0 Å². The van der Waals surface area contributed by atoms with Gasteiger partial charge < -0.3 is 4.74 Å². The molecule has 2 heterocycles. The number of benzene rings is 2. The molecule has 2 aromatic heterocycles. The van der Waals surface area contributed by atoms with Crippen molar-refractivity contribution in [1.82, 2.24) is 14.8 Å². The Kier molecular flexibility index (Phi) is 5.62. The Bertz CT molecular complexity index is 1110. The van der Waals surface area contributed by atoms with Gasteiger partial charge in [0.2, 0.25) is 5.95 Å². The Morgan fingerprint density at radius 1 is 1.10 bits per heavy atom. The van der Waals surface area contributed by atoms with Gasteiger partial charge in [0.05, 0.1) is 11.4 Å². The highest BCUT2D eigenvalue weighted by Gasteiger charge is 2.12. The van der Waals surface area contributed by atoms with Gasteiger partial charge in [-0.2, -0.15) is 0 Å². The first-order valence-electron chi connectivity index (χ1n) is 8.86. The van der Waals surface area contributed by atoms with Gasteiger partial charge in [-0.05, 0) is 29.1 Å². The summed E-state index contributed by atoms with van der Waals surface area (Å²) in [6, 6.07) is 17.5. The summed E-state index contributed by atoms with van der Waals surface area (Å²) in [6.07, 6.45) is 1.58. The average molecular weight is 408 g/mol. The van der Waals surface area contributed by atoms with Crippen molar-refractivity contribution in [3.05, 3.63) is 94.2 Å². The van der Waals surface area contributed by atoms with Gasteiger partial charge in [-0.1, -0.05) is 36.4 Å². The van der Waals surface area contributed by atoms with Crippen molar-refractivity contribution in [3.63, 3.8) is 0 Å². The molecular weight excluding hydrogens is 391 g/mol. The second kappa shape index (κ2) is 8.66. The van der Waals surface area contributed by atoms with Crippen LogP contribution in [0.15, 0.2) is 72.4 Å². The van der Waals surface area contributed by atoms with E-state index in [-0.39, 0.29) is 24.3 Å². The van der Waals surface area contributed by atoms with Crippen molar-refractivity contribution in [2.24, 2.45) is 0 Å². The number of hydrogen-bond donors (Lipinski definition) is 1. The first kappa shape index (κ1) is 18.8. The highest BCUT2D eigenvalue weighted by atomic mass is 32.1. The lowest BCUT2D eigenvalue weighted by Gasteiger charge is -2.04. The Morgan fingerprint density at radius 3 is 2.79 bits per heavy atom. The molecule has 0 radical (unpaired) electrons. The number of rotatable bonds is 7. The van der Waals surface area contributed by atoms with E-state index in [0.29, 0.717) is 17.2 Å². The molecule has 0 atom stereocenters. The van der Waals surface area contributed by atoms with Gasteiger partial charge in [0.15, 0.2) is 0 Å². The maximum Gasteiger partial charge on any atom is 0.268 e. The predicted molar refractivity (Wildman–Crippen MR) is 109 cm³/mol. The van der Waals surface area contributed by atoms with Crippen LogP contribution in [0.4, 0.5) is 10.3 Å².